The smallest absolute Gasteiger partial charge is 0.407 e. The summed E-state index contributed by atoms with van der Waals surface area (Å²) in [7, 11) is 7.49. The number of hydrogen-bond donors (Lipinski definition) is 1. The zero-order valence-corrected chi connectivity index (χ0v) is 35.7. The van der Waals surface area contributed by atoms with Gasteiger partial charge in [0, 0.05) is 26.2 Å². The Morgan fingerprint density at radius 1 is 0.702 bits per heavy atom. The third-order valence-corrected chi connectivity index (χ3v) is 9.10. The first-order valence-electron chi connectivity index (χ1n) is 19.7. The Kier molecular flexibility index (Phi) is 19.3. The quantitative estimate of drug-likeness (QED) is 0.0812. The highest BCUT2D eigenvalue weighted by atomic mass is 16.6. The van der Waals surface area contributed by atoms with E-state index in [2.05, 4.69) is 15.1 Å². The van der Waals surface area contributed by atoms with Gasteiger partial charge >= 0.3 is 18.0 Å². The highest BCUT2D eigenvalue weighted by Gasteiger charge is 2.24. The van der Waals surface area contributed by atoms with Crippen LogP contribution in [0.4, 0.5) is 4.79 Å². The van der Waals surface area contributed by atoms with Crippen LogP contribution >= 0.6 is 0 Å². The predicted molar refractivity (Wildman–Crippen MR) is 216 cm³/mol. The highest BCUT2D eigenvalue weighted by Crippen LogP contribution is 2.40. The second kappa shape index (κ2) is 23.6. The van der Waals surface area contributed by atoms with E-state index in [1.54, 1.807) is 24.3 Å². The molecule has 1 fully saturated rings. The Morgan fingerprint density at radius 3 is 1.79 bits per heavy atom. The van der Waals surface area contributed by atoms with E-state index >= 15 is 0 Å². The predicted octanol–water partition coefficient (Wildman–Crippen LogP) is 6.24. The van der Waals surface area contributed by atoms with E-state index in [9.17, 15) is 14.4 Å². The van der Waals surface area contributed by atoms with Crippen molar-refractivity contribution in [3.63, 3.8) is 0 Å². The van der Waals surface area contributed by atoms with E-state index in [-0.39, 0.29) is 30.3 Å². The lowest BCUT2D eigenvalue weighted by molar-refractivity contribution is 0.0220. The van der Waals surface area contributed by atoms with Gasteiger partial charge in [-0.25, -0.2) is 14.4 Å². The van der Waals surface area contributed by atoms with Gasteiger partial charge in [0.15, 0.2) is 23.0 Å². The second-order valence-corrected chi connectivity index (χ2v) is 15.2. The van der Waals surface area contributed by atoms with Crippen LogP contribution in [0, 0.1) is 5.92 Å². The van der Waals surface area contributed by atoms with Gasteiger partial charge in [0.05, 0.1) is 59.9 Å². The molecule has 1 aliphatic heterocycles. The fourth-order valence-corrected chi connectivity index (χ4v) is 6.26. The number of esters is 2. The van der Waals surface area contributed by atoms with Crippen molar-refractivity contribution in [3.05, 3.63) is 35.4 Å². The van der Waals surface area contributed by atoms with Gasteiger partial charge in [-0.1, -0.05) is 13.8 Å². The second-order valence-electron chi connectivity index (χ2n) is 15.2. The lowest BCUT2D eigenvalue weighted by atomic mass is 10.1. The number of amides is 1. The van der Waals surface area contributed by atoms with E-state index in [4.69, 9.17) is 42.6 Å². The van der Waals surface area contributed by atoms with Gasteiger partial charge in [-0.2, -0.15) is 0 Å². The Morgan fingerprint density at radius 2 is 1.25 bits per heavy atom. The van der Waals surface area contributed by atoms with Crippen molar-refractivity contribution < 1.29 is 57.0 Å². The van der Waals surface area contributed by atoms with Crippen molar-refractivity contribution in [1.29, 1.82) is 0 Å². The number of ether oxygens (including phenoxy) is 9. The zero-order valence-electron chi connectivity index (χ0n) is 35.7. The van der Waals surface area contributed by atoms with Crippen molar-refractivity contribution >= 4 is 18.0 Å². The molecular weight excluding hydrogens is 738 g/mol. The monoisotopic (exact) mass is 803 g/mol. The maximum absolute atomic E-state index is 13.6. The summed E-state index contributed by atoms with van der Waals surface area (Å²) in [6.07, 6.45) is 2.63. The molecule has 0 radical (unpaired) electrons. The standard InChI is InChI=1S/C42H65N3O12/c1-29(2)28-55-39(46)30-24-35(51-8)38(53-10)36(27-30)54-23-11-14-32(56-40(47)31-25-33(49-6)37(52-9)34(26-31)50-7)15-20-45-19-13-18-44(21-22-45)17-12-16-43-41(48)57-42(3,4)5/h24-27,29,32H,11-23,28H2,1-10H3,(H,43,48)/t32-/m1/s1. The number of methoxy groups -OCH3 is 5. The number of rotatable bonds is 22. The lowest BCUT2D eigenvalue weighted by Gasteiger charge is -2.25. The summed E-state index contributed by atoms with van der Waals surface area (Å²) in [6.45, 7) is 15.8. The maximum Gasteiger partial charge on any atom is 0.407 e. The van der Waals surface area contributed by atoms with Crippen molar-refractivity contribution in [2.45, 2.75) is 78.4 Å². The first kappa shape index (κ1) is 46.8. The van der Waals surface area contributed by atoms with Gasteiger partial charge in [0.2, 0.25) is 11.5 Å². The zero-order chi connectivity index (χ0) is 42.0. The fraction of sp³-hybridized carbons (Fsp3) is 0.643. The highest BCUT2D eigenvalue weighted by molar-refractivity contribution is 5.92. The van der Waals surface area contributed by atoms with Crippen LogP contribution in [0.15, 0.2) is 24.3 Å². The molecule has 1 heterocycles. The molecule has 2 aromatic rings. The van der Waals surface area contributed by atoms with Gasteiger partial charge in [-0.05, 0) is 103 Å². The van der Waals surface area contributed by atoms with E-state index in [0.717, 1.165) is 52.1 Å². The van der Waals surface area contributed by atoms with Gasteiger partial charge < -0.3 is 57.7 Å². The van der Waals surface area contributed by atoms with Gasteiger partial charge in [-0.15, -0.1) is 0 Å². The maximum atomic E-state index is 13.6. The van der Waals surface area contributed by atoms with Crippen molar-refractivity contribution in [2.75, 3.05) is 94.6 Å². The number of carbonyl (C=O) groups is 3. The van der Waals surface area contributed by atoms with Gasteiger partial charge in [0.25, 0.3) is 0 Å². The van der Waals surface area contributed by atoms with Crippen LogP contribution in [-0.2, 0) is 14.2 Å². The summed E-state index contributed by atoms with van der Waals surface area (Å²) in [5, 5.41) is 2.84. The third kappa shape index (κ3) is 15.7. The van der Waals surface area contributed by atoms with Crippen LogP contribution in [-0.4, -0.2) is 134 Å². The van der Waals surface area contributed by atoms with E-state index in [1.165, 1.54) is 35.5 Å². The number of carbonyl (C=O) groups excluding carboxylic acids is 3. The molecule has 1 N–H and O–H groups in total. The Balaban J connectivity index is 1.67. The molecule has 15 heteroatoms. The molecule has 15 nitrogen and oxygen atoms in total. The average Bonchev–Trinajstić information content (AvgIpc) is 3.42. The summed E-state index contributed by atoms with van der Waals surface area (Å²) in [4.78, 5) is 43.3. The molecule has 0 aliphatic carbocycles. The SMILES string of the molecule is COc1cc(C(=O)O[C@H](CCCOc2cc(C(=O)OCC(C)C)cc(OC)c2OC)CCN2CCCN(CCCNC(=O)OC(C)(C)C)CC2)cc(OC)c1OC. The summed E-state index contributed by atoms with van der Waals surface area (Å²) < 4.78 is 50.6. The van der Waals surface area contributed by atoms with Crippen molar-refractivity contribution in [1.82, 2.24) is 15.1 Å². The summed E-state index contributed by atoms with van der Waals surface area (Å²) in [6, 6.07) is 6.31. The average molecular weight is 804 g/mol. The van der Waals surface area contributed by atoms with Crippen molar-refractivity contribution in [3.8, 4) is 34.5 Å². The van der Waals surface area contributed by atoms with Crippen LogP contribution in [0.1, 0.15) is 87.4 Å². The number of hydrogen-bond acceptors (Lipinski definition) is 14. The number of alkyl carbamates (subject to hydrolysis) is 1. The summed E-state index contributed by atoms with van der Waals surface area (Å²) in [5.74, 6) is 1.31. The van der Waals surface area contributed by atoms with Crippen LogP contribution in [0.25, 0.3) is 0 Å². The molecule has 1 aliphatic rings. The van der Waals surface area contributed by atoms with Gasteiger partial charge in [-0.3, -0.25) is 0 Å². The van der Waals surface area contributed by atoms with Crippen LogP contribution in [0.2, 0.25) is 0 Å². The summed E-state index contributed by atoms with van der Waals surface area (Å²) in [5.41, 5.74) is 0.0327. The molecule has 0 unspecified atom stereocenters. The number of benzene rings is 2. The molecule has 57 heavy (non-hydrogen) atoms. The third-order valence-electron chi connectivity index (χ3n) is 9.10. The topological polar surface area (TPSA) is 153 Å². The molecule has 0 spiro atoms. The normalized spacial score (nSPS) is 14.2. The van der Waals surface area contributed by atoms with Crippen molar-refractivity contribution in [2.24, 2.45) is 5.92 Å². The van der Waals surface area contributed by atoms with Crippen LogP contribution in [0.3, 0.4) is 0 Å². The molecule has 3 rings (SSSR count). The van der Waals surface area contributed by atoms with E-state index < -0.39 is 29.7 Å². The largest absolute Gasteiger partial charge is 0.493 e. The molecular formula is C42H65N3O12. The van der Waals surface area contributed by atoms with Gasteiger partial charge in [0.1, 0.15) is 11.7 Å². The van der Waals surface area contributed by atoms with Crippen LogP contribution < -0.4 is 33.7 Å². The Labute approximate surface area is 338 Å². The first-order chi connectivity index (χ1) is 27.2. The van der Waals surface area contributed by atoms with E-state index in [1.807, 2.05) is 34.6 Å². The molecule has 320 valence electrons. The molecule has 2 aromatic carbocycles. The molecule has 1 saturated heterocycles. The summed E-state index contributed by atoms with van der Waals surface area (Å²) >= 11 is 0. The minimum Gasteiger partial charge on any atom is -0.493 e. The minimum absolute atomic E-state index is 0.181. The van der Waals surface area contributed by atoms with E-state index in [0.29, 0.717) is 60.3 Å². The Hall–Kier alpha value is -4.63. The first-order valence-corrected chi connectivity index (χ1v) is 19.7. The lowest BCUT2D eigenvalue weighted by Crippen LogP contribution is -2.36. The Bertz CT molecular complexity index is 1550. The molecule has 0 aromatic heterocycles. The molecule has 0 bridgehead atoms. The fourth-order valence-electron chi connectivity index (χ4n) is 6.26. The number of nitrogens with one attached hydrogen (secondary N) is 1. The molecule has 0 saturated carbocycles. The number of nitrogens with zero attached hydrogens (tertiary/aromatic N) is 2. The minimum atomic E-state index is -0.527. The molecule has 1 amide bonds. The van der Waals surface area contributed by atoms with Crippen LogP contribution in [0.5, 0.6) is 34.5 Å². The molecule has 1 atom stereocenters.